The Morgan fingerprint density at radius 3 is 2.88 bits per heavy atom. The fourth-order valence-corrected chi connectivity index (χ4v) is 2.23. The van der Waals surface area contributed by atoms with E-state index in [0.717, 1.165) is 32.5 Å². The quantitative estimate of drug-likeness (QED) is 0.852. The number of amides is 1. The molecule has 3 nitrogen and oxygen atoms in total. The summed E-state index contributed by atoms with van der Waals surface area (Å²) in [7, 11) is 0. The van der Waals surface area contributed by atoms with Gasteiger partial charge in [0.15, 0.2) is 0 Å². The number of carbonyl (C=O) groups is 1. The molecule has 17 heavy (non-hydrogen) atoms. The van der Waals surface area contributed by atoms with Crippen LogP contribution in [-0.2, 0) is 11.2 Å². The lowest BCUT2D eigenvalue weighted by atomic mass is 10.1. The Balaban J connectivity index is 1.77. The lowest BCUT2D eigenvalue weighted by Gasteiger charge is -2.31. The molecule has 0 radical (unpaired) electrons. The summed E-state index contributed by atoms with van der Waals surface area (Å²) in [4.78, 5) is 13.8. The van der Waals surface area contributed by atoms with Crippen LogP contribution in [0.4, 0.5) is 0 Å². The monoisotopic (exact) mass is 232 g/mol. The van der Waals surface area contributed by atoms with Crippen LogP contribution in [0.3, 0.4) is 0 Å². The number of hydrogen-bond acceptors (Lipinski definition) is 2. The summed E-state index contributed by atoms with van der Waals surface area (Å²) >= 11 is 0. The molecule has 0 saturated carbocycles. The van der Waals surface area contributed by atoms with Crippen LogP contribution in [0.5, 0.6) is 0 Å². The lowest BCUT2D eigenvalue weighted by molar-refractivity contribution is -0.135. The highest BCUT2D eigenvalue weighted by atomic mass is 16.2. The van der Waals surface area contributed by atoms with Gasteiger partial charge in [0.1, 0.15) is 0 Å². The number of nitrogens with zero attached hydrogens (tertiary/aromatic N) is 1. The highest BCUT2D eigenvalue weighted by Gasteiger charge is 2.23. The molecule has 1 aromatic carbocycles. The molecule has 1 heterocycles. The second-order valence-electron chi connectivity index (χ2n) is 4.59. The summed E-state index contributed by atoms with van der Waals surface area (Å²) in [6.45, 7) is 4.57. The van der Waals surface area contributed by atoms with E-state index in [2.05, 4.69) is 29.6 Å². The van der Waals surface area contributed by atoms with E-state index in [1.807, 2.05) is 17.9 Å². The third-order valence-electron chi connectivity index (χ3n) is 3.25. The molecule has 92 valence electrons. The largest absolute Gasteiger partial charge is 0.340 e. The molecule has 1 N–H and O–H groups in total. The SMILES string of the molecule is CC1NCCN(CCCc2ccccc2)C1=O. The first kappa shape index (κ1) is 12.1. The van der Waals surface area contributed by atoms with Crippen molar-refractivity contribution in [1.82, 2.24) is 10.2 Å². The molecule has 1 saturated heterocycles. The van der Waals surface area contributed by atoms with Crippen molar-refractivity contribution in [3.63, 3.8) is 0 Å². The third-order valence-corrected chi connectivity index (χ3v) is 3.25. The minimum Gasteiger partial charge on any atom is -0.340 e. The predicted octanol–water partition coefficient (Wildman–Crippen LogP) is 1.44. The smallest absolute Gasteiger partial charge is 0.239 e. The first-order chi connectivity index (χ1) is 8.27. The van der Waals surface area contributed by atoms with Crippen molar-refractivity contribution in [2.75, 3.05) is 19.6 Å². The molecule has 3 heteroatoms. The van der Waals surface area contributed by atoms with Gasteiger partial charge in [0.2, 0.25) is 5.91 Å². The molecule has 1 aromatic rings. The number of rotatable bonds is 4. The molecule has 2 rings (SSSR count). The molecule has 0 aliphatic carbocycles. The molecule has 1 aliphatic heterocycles. The predicted molar refractivity (Wildman–Crippen MR) is 68.8 cm³/mol. The van der Waals surface area contributed by atoms with Crippen molar-refractivity contribution >= 4 is 5.91 Å². The Labute approximate surface area is 103 Å². The molecule has 1 amide bonds. The van der Waals surface area contributed by atoms with Crippen LogP contribution < -0.4 is 5.32 Å². The Kier molecular flexibility index (Phi) is 4.15. The second-order valence-corrected chi connectivity index (χ2v) is 4.59. The summed E-state index contributed by atoms with van der Waals surface area (Å²) in [6, 6.07) is 10.4. The minimum atomic E-state index is -0.0134. The van der Waals surface area contributed by atoms with E-state index in [0.29, 0.717) is 0 Å². The maximum Gasteiger partial charge on any atom is 0.239 e. The van der Waals surface area contributed by atoms with E-state index in [4.69, 9.17) is 0 Å². The molecule has 0 aromatic heterocycles. The van der Waals surface area contributed by atoms with Crippen molar-refractivity contribution < 1.29 is 4.79 Å². The van der Waals surface area contributed by atoms with Crippen LogP contribution in [0.1, 0.15) is 18.9 Å². The highest BCUT2D eigenvalue weighted by Crippen LogP contribution is 2.06. The molecule has 0 bridgehead atoms. The molecule has 1 unspecified atom stereocenters. The number of aryl methyl sites for hydroxylation is 1. The van der Waals surface area contributed by atoms with Crippen molar-refractivity contribution in [2.24, 2.45) is 0 Å². The maximum atomic E-state index is 11.8. The van der Waals surface area contributed by atoms with Crippen LogP contribution in [0, 0.1) is 0 Å². The molecule has 1 atom stereocenters. The van der Waals surface area contributed by atoms with Gasteiger partial charge in [-0.05, 0) is 25.3 Å². The van der Waals surface area contributed by atoms with Gasteiger partial charge >= 0.3 is 0 Å². The van der Waals surface area contributed by atoms with Gasteiger partial charge < -0.3 is 10.2 Å². The number of benzene rings is 1. The van der Waals surface area contributed by atoms with Gasteiger partial charge in [-0.25, -0.2) is 0 Å². The molecular formula is C14H20N2O. The van der Waals surface area contributed by atoms with Crippen LogP contribution in [-0.4, -0.2) is 36.5 Å². The van der Waals surface area contributed by atoms with Gasteiger partial charge in [-0.3, -0.25) is 4.79 Å². The van der Waals surface area contributed by atoms with Gasteiger partial charge in [-0.1, -0.05) is 30.3 Å². The van der Waals surface area contributed by atoms with Gasteiger partial charge in [0.25, 0.3) is 0 Å². The van der Waals surface area contributed by atoms with Gasteiger partial charge in [0.05, 0.1) is 6.04 Å². The fraction of sp³-hybridized carbons (Fsp3) is 0.500. The van der Waals surface area contributed by atoms with Crippen LogP contribution in [0.15, 0.2) is 30.3 Å². The van der Waals surface area contributed by atoms with E-state index in [9.17, 15) is 4.79 Å². The van der Waals surface area contributed by atoms with Gasteiger partial charge in [-0.2, -0.15) is 0 Å². The average molecular weight is 232 g/mol. The minimum absolute atomic E-state index is 0.0134. The average Bonchev–Trinajstić information content (AvgIpc) is 2.36. The standard InChI is InChI=1S/C14H20N2O/c1-12-14(17)16(11-9-15-12)10-5-8-13-6-3-2-4-7-13/h2-4,6-7,12,15H,5,8-11H2,1H3. The number of hydrogen-bond donors (Lipinski definition) is 1. The molecule has 1 fully saturated rings. The van der Waals surface area contributed by atoms with E-state index < -0.39 is 0 Å². The summed E-state index contributed by atoms with van der Waals surface area (Å²) in [5.41, 5.74) is 1.35. The number of piperazine rings is 1. The van der Waals surface area contributed by atoms with Gasteiger partial charge in [0, 0.05) is 19.6 Å². The van der Waals surface area contributed by atoms with Crippen molar-refractivity contribution in [1.29, 1.82) is 0 Å². The summed E-state index contributed by atoms with van der Waals surface area (Å²) in [5.74, 6) is 0.240. The van der Waals surface area contributed by atoms with E-state index in [1.165, 1.54) is 5.56 Å². The van der Waals surface area contributed by atoms with Crippen molar-refractivity contribution in [3.8, 4) is 0 Å². The molecule has 1 aliphatic rings. The topological polar surface area (TPSA) is 32.3 Å². The van der Waals surface area contributed by atoms with Crippen molar-refractivity contribution in [2.45, 2.75) is 25.8 Å². The zero-order valence-electron chi connectivity index (χ0n) is 10.4. The Bertz CT molecular complexity index is 364. The van der Waals surface area contributed by atoms with Gasteiger partial charge in [-0.15, -0.1) is 0 Å². The van der Waals surface area contributed by atoms with E-state index in [-0.39, 0.29) is 11.9 Å². The summed E-state index contributed by atoms with van der Waals surface area (Å²) < 4.78 is 0. The maximum absolute atomic E-state index is 11.8. The third kappa shape index (κ3) is 3.30. The summed E-state index contributed by atoms with van der Waals surface area (Å²) in [5, 5.41) is 3.18. The molecular weight excluding hydrogens is 212 g/mol. The lowest BCUT2D eigenvalue weighted by Crippen LogP contribution is -2.53. The number of nitrogens with one attached hydrogen (secondary N) is 1. The van der Waals surface area contributed by atoms with Crippen LogP contribution >= 0.6 is 0 Å². The van der Waals surface area contributed by atoms with Crippen LogP contribution in [0.25, 0.3) is 0 Å². The van der Waals surface area contributed by atoms with E-state index >= 15 is 0 Å². The van der Waals surface area contributed by atoms with E-state index in [1.54, 1.807) is 0 Å². The van der Waals surface area contributed by atoms with Crippen molar-refractivity contribution in [3.05, 3.63) is 35.9 Å². The second kappa shape index (κ2) is 5.82. The zero-order valence-corrected chi connectivity index (χ0v) is 10.4. The molecule has 0 spiro atoms. The number of carbonyl (C=O) groups excluding carboxylic acids is 1. The Morgan fingerprint density at radius 1 is 1.35 bits per heavy atom. The first-order valence-corrected chi connectivity index (χ1v) is 6.33. The Hall–Kier alpha value is -1.35. The summed E-state index contributed by atoms with van der Waals surface area (Å²) in [6.07, 6.45) is 2.09. The first-order valence-electron chi connectivity index (χ1n) is 6.33. The normalized spacial score (nSPS) is 20.6. The zero-order chi connectivity index (χ0) is 12.1. The fourth-order valence-electron chi connectivity index (χ4n) is 2.23. The highest BCUT2D eigenvalue weighted by molar-refractivity contribution is 5.82. The Morgan fingerprint density at radius 2 is 2.12 bits per heavy atom. The van der Waals surface area contributed by atoms with Crippen LogP contribution in [0.2, 0.25) is 0 Å².